The molecule has 0 amide bonds. The molecule has 11 heavy (non-hydrogen) atoms. The number of fused-ring (bicyclic) bond motifs is 1. The van der Waals surface area contributed by atoms with Gasteiger partial charge in [-0.3, -0.25) is 5.32 Å². The maximum absolute atomic E-state index is 6.00. The normalized spacial score (nSPS) is 21.8. The van der Waals surface area contributed by atoms with Gasteiger partial charge < -0.3 is 0 Å². The lowest BCUT2D eigenvalue weighted by Crippen LogP contribution is -2.04. The summed E-state index contributed by atoms with van der Waals surface area (Å²) >= 11 is 8.30. The number of rotatable bonds is 0. The Kier molecular flexibility index (Phi) is 2.08. The van der Waals surface area contributed by atoms with Crippen LogP contribution in [-0.4, -0.2) is 0 Å². The third-order valence-corrected chi connectivity index (χ3v) is 2.91. The van der Waals surface area contributed by atoms with E-state index in [1.165, 1.54) is 14.7 Å². The molecule has 1 aliphatic heterocycles. The van der Waals surface area contributed by atoms with E-state index in [2.05, 4.69) is 46.1 Å². The van der Waals surface area contributed by atoms with Crippen LogP contribution >= 0.6 is 34.2 Å². The molecular formula is C8H7ClIN. The van der Waals surface area contributed by atoms with E-state index in [1.807, 2.05) is 0 Å². The predicted octanol–water partition coefficient (Wildman–Crippen LogP) is 2.63. The van der Waals surface area contributed by atoms with Crippen LogP contribution in [-0.2, 0) is 6.54 Å². The van der Waals surface area contributed by atoms with Crippen LogP contribution in [0.3, 0.4) is 0 Å². The number of nitrogens with one attached hydrogen (secondary N) is 1. The molecule has 2 rings (SSSR count). The Labute approximate surface area is 84.3 Å². The second kappa shape index (κ2) is 2.92. The van der Waals surface area contributed by atoms with Crippen LogP contribution in [0, 0.1) is 3.57 Å². The second-order valence-corrected chi connectivity index (χ2v) is 4.27. The van der Waals surface area contributed by atoms with E-state index in [9.17, 15) is 0 Å². The molecule has 1 N–H and O–H groups in total. The largest absolute Gasteiger partial charge is 0.293 e. The lowest BCUT2D eigenvalue weighted by molar-refractivity contribution is 0.739. The summed E-state index contributed by atoms with van der Waals surface area (Å²) in [5.74, 6) is 0. The Morgan fingerprint density at radius 2 is 2.36 bits per heavy atom. The number of alkyl halides is 1. The smallest absolute Gasteiger partial charge is 0.109 e. The van der Waals surface area contributed by atoms with Gasteiger partial charge in [0.05, 0.1) is 0 Å². The molecule has 1 aromatic carbocycles. The first-order valence-electron chi connectivity index (χ1n) is 3.43. The van der Waals surface area contributed by atoms with Crippen LogP contribution in [0.5, 0.6) is 0 Å². The van der Waals surface area contributed by atoms with Crippen molar-refractivity contribution in [2.75, 3.05) is 0 Å². The van der Waals surface area contributed by atoms with Gasteiger partial charge in [0, 0.05) is 10.1 Å². The van der Waals surface area contributed by atoms with Crippen molar-refractivity contribution in [3.63, 3.8) is 0 Å². The van der Waals surface area contributed by atoms with Crippen LogP contribution in [0.4, 0.5) is 0 Å². The number of benzene rings is 1. The van der Waals surface area contributed by atoms with Crippen molar-refractivity contribution >= 4 is 34.2 Å². The highest BCUT2D eigenvalue weighted by atomic mass is 127. The molecule has 0 saturated heterocycles. The van der Waals surface area contributed by atoms with Crippen LogP contribution in [0.25, 0.3) is 0 Å². The standard InChI is InChI=1S/C8H7ClIN/c9-8-7-3-6(10)2-1-5(7)4-11-8/h1-3,8,11H,4H2. The van der Waals surface area contributed by atoms with Crippen LogP contribution in [0.15, 0.2) is 18.2 Å². The lowest BCUT2D eigenvalue weighted by Gasteiger charge is -2.01. The minimum atomic E-state index is 0.0136. The number of halogens is 2. The van der Waals surface area contributed by atoms with Crippen molar-refractivity contribution in [3.05, 3.63) is 32.9 Å². The van der Waals surface area contributed by atoms with Crippen LogP contribution in [0.2, 0.25) is 0 Å². The molecular weight excluding hydrogens is 272 g/mol. The first kappa shape index (κ1) is 7.83. The highest BCUT2D eigenvalue weighted by Gasteiger charge is 2.18. The van der Waals surface area contributed by atoms with Gasteiger partial charge in [0.1, 0.15) is 5.50 Å². The zero-order valence-electron chi connectivity index (χ0n) is 5.77. The maximum atomic E-state index is 6.00. The second-order valence-electron chi connectivity index (χ2n) is 2.59. The van der Waals surface area contributed by atoms with E-state index >= 15 is 0 Å². The van der Waals surface area contributed by atoms with E-state index in [4.69, 9.17) is 11.6 Å². The van der Waals surface area contributed by atoms with Crippen molar-refractivity contribution in [2.45, 2.75) is 12.0 Å². The number of hydrogen-bond acceptors (Lipinski definition) is 1. The van der Waals surface area contributed by atoms with Crippen molar-refractivity contribution < 1.29 is 0 Å². The van der Waals surface area contributed by atoms with Crippen LogP contribution < -0.4 is 5.32 Å². The van der Waals surface area contributed by atoms with Gasteiger partial charge in [-0.25, -0.2) is 0 Å². The van der Waals surface area contributed by atoms with Gasteiger partial charge in [-0.05, 0) is 45.9 Å². The Balaban J connectivity index is 2.52. The summed E-state index contributed by atoms with van der Waals surface area (Å²) in [5.41, 5.74) is 2.57. The summed E-state index contributed by atoms with van der Waals surface area (Å²) in [6.45, 7) is 0.903. The predicted molar refractivity (Wildman–Crippen MR) is 54.6 cm³/mol. The lowest BCUT2D eigenvalue weighted by atomic mass is 10.1. The van der Waals surface area contributed by atoms with Gasteiger partial charge in [0.25, 0.3) is 0 Å². The van der Waals surface area contributed by atoms with Gasteiger partial charge in [0.2, 0.25) is 0 Å². The van der Waals surface area contributed by atoms with E-state index in [-0.39, 0.29) is 5.50 Å². The van der Waals surface area contributed by atoms with Crippen molar-refractivity contribution in [3.8, 4) is 0 Å². The van der Waals surface area contributed by atoms with Crippen LogP contribution in [0.1, 0.15) is 16.6 Å². The molecule has 58 valence electrons. The summed E-state index contributed by atoms with van der Waals surface area (Å²) in [4.78, 5) is 0. The minimum Gasteiger partial charge on any atom is -0.293 e. The summed E-state index contributed by atoms with van der Waals surface area (Å²) in [6.07, 6.45) is 0. The van der Waals surface area contributed by atoms with Gasteiger partial charge in [0.15, 0.2) is 0 Å². The Morgan fingerprint density at radius 1 is 1.55 bits per heavy atom. The molecule has 1 unspecified atom stereocenters. The van der Waals surface area contributed by atoms with E-state index in [1.54, 1.807) is 0 Å². The fraction of sp³-hybridized carbons (Fsp3) is 0.250. The molecule has 0 spiro atoms. The zero-order valence-corrected chi connectivity index (χ0v) is 8.69. The monoisotopic (exact) mass is 279 g/mol. The summed E-state index contributed by atoms with van der Waals surface area (Å²) in [7, 11) is 0. The number of hydrogen-bond donors (Lipinski definition) is 1. The molecule has 1 nitrogen and oxygen atoms in total. The fourth-order valence-corrected chi connectivity index (χ4v) is 2.07. The third-order valence-electron chi connectivity index (χ3n) is 1.85. The zero-order chi connectivity index (χ0) is 7.84. The summed E-state index contributed by atoms with van der Waals surface area (Å²) < 4.78 is 1.25. The average Bonchev–Trinajstić information content (AvgIpc) is 2.33. The molecule has 1 aromatic rings. The van der Waals surface area contributed by atoms with Crippen molar-refractivity contribution in [1.82, 2.24) is 5.32 Å². The Morgan fingerprint density at radius 3 is 3.18 bits per heavy atom. The first-order valence-corrected chi connectivity index (χ1v) is 4.94. The highest BCUT2D eigenvalue weighted by molar-refractivity contribution is 14.1. The van der Waals surface area contributed by atoms with Gasteiger partial charge in [-0.1, -0.05) is 6.07 Å². The van der Waals surface area contributed by atoms with Crippen molar-refractivity contribution in [1.29, 1.82) is 0 Å². The first-order chi connectivity index (χ1) is 5.27. The molecule has 0 bridgehead atoms. The molecule has 0 aromatic heterocycles. The van der Waals surface area contributed by atoms with E-state index < -0.39 is 0 Å². The third kappa shape index (κ3) is 1.39. The van der Waals surface area contributed by atoms with E-state index in [0.717, 1.165) is 6.54 Å². The molecule has 1 atom stereocenters. The molecule has 3 heteroatoms. The molecule has 1 heterocycles. The molecule has 0 aliphatic carbocycles. The molecule has 0 saturated carbocycles. The van der Waals surface area contributed by atoms with Crippen molar-refractivity contribution in [2.24, 2.45) is 0 Å². The quantitative estimate of drug-likeness (QED) is 0.437. The maximum Gasteiger partial charge on any atom is 0.109 e. The Hall–Kier alpha value is 0.200. The molecule has 0 fully saturated rings. The molecule has 1 aliphatic rings. The fourth-order valence-electron chi connectivity index (χ4n) is 1.27. The van der Waals surface area contributed by atoms with Gasteiger partial charge in [-0.15, -0.1) is 11.6 Å². The minimum absolute atomic E-state index is 0.0136. The van der Waals surface area contributed by atoms with Gasteiger partial charge in [-0.2, -0.15) is 0 Å². The summed E-state index contributed by atoms with van der Waals surface area (Å²) in [5, 5.41) is 3.17. The van der Waals surface area contributed by atoms with E-state index in [0.29, 0.717) is 0 Å². The Bertz CT molecular complexity index is 287. The SMILES string of the molecule is ClC1NCc2ccc(I)cc21. The summed E-state index contributed by atoms with van der Waals surface area (Å²) in [6, 6.07) is 6.37. The highest BCUT2D eigenvalue weighted by Crippen LogP contribution is 2.29. The van der Waals surface area contributed by atoms with Gasteiger partial charge >= 0.3 is 0 Å². The molecule has 0 radical (unpaired) electrons. The average molecular weight is 280 g/mol. The topological polar surface area (TPSA) is 12.0 Å².